The minimum atomic E-state index is -0.968. The van der Waals surface area contributed by atoms with E-state index in [4.69, 9.17) is 9.47 Å². The van der Waals surface area contributed by atoms with Crippen molar-refractivity contribution in [3.8, 4) is 22.8 Å². The Balaban J connectivity index is 1.27. The summed E-state index contributed by atoms with van der Waals surface area (Å²) in [6.07, 6.45) is 0.0711. The SMILES string of the molecule is O=C(Nc1nc(-c2ccc(F)c(F)c2)cs1)C1CC(=O)N(c2ccc3c(c2)OCO3)C1. The number of nitrogens with one attached hydrogen (secondary N) is 1. The standard InChI is InChI=1S/C21H15F2N3O4S/c22-14-3-1-11(5-15(14)23)16-9-31-21(24-16)25-20(28)12-6-19(27)26(8-12)13-2-4-17-18(7-13)30-10-29-17/h1-5,7,9,12H,6,8,10H2,(H,24,25,28). The summed E-state index contributed by atoms with van der Waals surface area (Å²) < 4.78 is 37.2. The van der Waals surface area contributed by atoms with Crippen molar-refractivity contribution in [3.63, 3.8) is 0 Å². The summed E-state index contributed by atoms with van der Waals surface area (Å²) in [6, 6.07) is 8.69. The van der Waals surface area contributed by atoms with Gasteiger partial charge in [0.15, 0.2) is 28.3 Å². The molecule has 1 fully saturated rings. The minimum Gasteiger partial charge on any atom is -0.454 e. The summed E-state index contributed by atoms with van der Waals surface area (Å²) in [7, 11) is 0. The highest BCUT2D eigenvalue weighted by molar-refractivity contribution is 7.14. The van der Waals surface area contributed by atoms with Crippen LogP contribution in [0.5, 0.6) is 11.5 Å². The molecule has 2 aromatic carbocycles. The molecule has 1 atom stereocenters. The van der Waals surface area contributed by atoms with Crippen LogP contribution in [0.15, 0.2) is 41.8 Å². The van der Waals surface area contributed by atoms with Gasteiger partial charge in [0.2, 0.25) is 18.6 Å². The number of nitrogens with zero attached hydrogens (tertiary/aromatic N) is 2. The first kappa shape index (κ1) is 19.4. The second kappa shape index (κ2) is 7.62. The van der Waals surface area contributed by atoms with Gasteiger partial charge in [-0.2, -0.15) is 0 Å². The van der Waals surface area contributed by atoms with Crippen molar-refractivity contribution in [1.82, 2.24) is 4.98 Å². The van der Waals surface area contributed by atoms with Gasteiger partial charge in [0, 0.05) is 35.7 Å². The number of ether oxygens (including phenoxy) is 2. The van der Waals surface area contributed by atoms with Crippen LogP contribution in [-0.4, -0.2) is 30.1 Å². The lowest BCUT2D eigenvalue weighted by atomic mass is 10.1. The number of rotatable bonds is 4. The van der Waals surface area contributed by atoms with Crippen LogP contribution in [-0.2, 0) is 9.59 Å². The van der Waals surface area contributed by atoms with E-state index in [0.29, 0.717) is 33.6 Å². The molecule has 0 radical (unpaired) electrons. The molecular formula is C21H15F2N3O4S. The van der Waals surface area contributed by atoms with E-state index in [1.165, 1.54) is 6.07 Å². The molecule has 0 saturated carbocycles. The third-order valence-electron chi connectivity index (χ3n) is 5.11. The van der Waals surface area contributed by atoms with E-state index >= 15 is 0 Å². The number of aromatic nitrogens is 1. The number of carbonyl (C=O) groups excluding carboxylic acids is 2. The van der Waals surface area contributed by atoms with E-state index in [-0.39, 0.29) is 31.6 Å². The smallest absolute Gasteiger partial charge is 0.231 e. The first-order chi connectivity index (χ1) is 15.0. The van der Waals surface area contributed by atoms with Crippen molar-refractivity contribution in [2.45, 2.75) is 6.42 Å². The van der Waals surface area contributed by atoms with E-state index in [1.807, 2.05) is 0 Å². The zero-order valence-electron chi connectivity index (χ0n) is 15.9. The number of amides is 2. The van der Waals surface area contributed by atoms with Crippen LogP contribution in [0.4, 0.5) is 19.6 Å². The molecule has 0 aliphatic carbocycles. The quantitative estimate of drug-likeness (QED) is 0.663. The number of anilines is 2. The largest absolute Gasteiger partial charge is 0.454 e. The third kappa shape index (κ3) is 3.70. The normalized spacial score (nSPS) is 17.3. The molecule has 31 heavy (non-hydrogen) atoms. The number of fused-ring (bicyclic) bond motifs is 1. The molecule has 2 aliphatic rings. The zero-order chi connectivity index (χ0) is 21.5. The molecule has 10 heteroatoms. The average molecular weight is 443 g/mol. The monoisotopic (exact) mass is 443 g/mol. The maximum atomic E-state index is 13.5. The molecule has 2 aliphatic heterocycles. The summed E-state index contributed by atoms with van der Waals surface area (Å²) >= 11 is 1.16. The summed E-state index contributed by atoms with van der Waals surface area (Å²) in [5.41, 5.74) is 1.46. The van der Waals surface area contributed by atoms with Crippen LogP contribution >= 0.6 is 11.3 Å². The molecule has 2 amide bonds. The van der Waals surface area contributed by atoms with Gasteiger partial charge in [-0.1, -0.05) is 0 Å². The fourth-order valence-corrected chi connectivity index (χ4v) is 4.24. The third-order valence-corrected chi connectivity index (χ3v) is 5.87. The molecule has 7 nitrogen and oxygen atoms in total. The molecule has 1 unspecified atom stereocenters. The van der Waals surface area contributed by atoms with Crippen molar-refractivity contribution in [2.75, 3.05) is 23.6 Å². The summed E-state index contributed by atoms with van der Waals surface area (Å²) in [5.74, 6) is -1.78. The molecule has 3 aromatic rings. The van der Waals surface area contributed by atoms with Gasteiger partial charge >= 0.3 is 0 Å². The summed E-state index contributed by atoms with van der Waals surface area (Å²) in [4.78, 5) is 31.0. The lowest BCUT2D eigenvalue weighted by Gasteiger charge is -2.17. The molecule has 158 valence electrons. The van der Waals surface area contributed by atoms with E-state index in [2.05, 4.69) is 10.3 Å². The van der Waals surface area contributed by atoms with Gasteiger partial charge in [-0.15, -0.1) is 11.3 Å². The fourth-order valence-electron chi connectivity index (χ4n) is 3.51. The van der Waals surface area contributed by atoms with E-state index in [0.717, 1.165) is 23.5 Å². The van der Waals surface area contributed by atoms with Gasteiger partial charge < -0.3 is 19.7 Å². The van der Waals surface area contributed by atoms with Gasteiger partial charge in [0.25, 0.3) is 0 Å². The zero-order valence-corrected chi connectivity index (χ0v) is 16.7. The summed E-state index contributed by atoms with van der Waals surface area (Å²) in [5, 5.41) is 4.67. The van der Waals surface area contributed by atoms with Crippen LogP contribution in [0.25, 0.3) is 11.3 Å². The number of hydrogen-bond acceptors (Lipinski definition) is 6. The second-order valence-corrected chi connectivity index (χ2v) is 7.96. The van der Waals surface area contributed by atoms with E-state index < -0.39 is 17.6 Å². The average Bonchev–Trinajstić information content (AvgIpc) is 3.49. The molecule has 5 rings (SSSR count). The number of benzene rings is 2. The predicted molar refractivity (Wildman–Crippen MR) is 109 cm³/mol. The van der Waals surface area contributed by atoms with Crippen molar-refractivity contribution >= 4 is 34.0 Å². The van der Waals surface area contributed by atoms with Gasteiger partial charge in [-0.05, 0) is 30.3 Å². The maximum absolute atomic E-state index is 13.5. The van der Waals surface area contributed by atoms with Crippen molar-refractivity contribution < 1.29 is 27.8 Å². The van der Waals surface area contributed by atoms with Crippen LogP contribution in [0, 0.1) is 17.6 Å². The van der Waals surface area contributed by atoms with Gasteiger partial charge in [0.1, 0.15) is 0 Å². The Hall–Kier alpha value is -3.53. The Bertz CT molecular complexity index is 1200. The van der Waals surface area contributed by atoms with E-state index in [9.17, 15) is 18.4 Å². The maximum Gasteiger partial charge on any atom is 0.231 e. The number of hydrogen-bond donors (Lipinski definition) is 1. The highest BCUT2D eigenvalue weighted by Crippen LogP contribution is 2.37. The molecule has 3 heterocycles. The topological polar surface area (TPSA) is 80.8 Å². The Labute approximate surface area is 179 Å². The molecule has 0 bridgehead atoms. The van der Waals surface area contributed by atoms with Gasteiger partial charge in [0.05, 0.1) is 11.6 Å². The van der Waals surface area contributed by atoms with Crippen LogP contribution in [0.3, 0.4) is 0 Å². The lowest BCUT2D eigenvalue weighted by molar-refractivity contribution is -0.122. The van der Waals surface area contributed by atoms with Crippen LogP contribution in [0.1, 0.15) is 6.42 Å². The Morgan fingerprint density at radius 3 is 2.81 bits per heavy atom. The van der Waals surface area contributed by atoms with Crippen molar-refractivity contribution in [1.29, 1.82) is 0 Å². The number of halogens is 2. The van der Waals surface area contributed by atoms with Crippen molar-refractivity contribution in [3.05, 3.63) is 53.4 Å². The molecule has 0 spiro atoms. The molecule has 1 N–H and O–H groups in total. The fraction of sp³-hybridized carbons (Fsp3) is 0.190. The highest BCUT2D eigenvalue weighted by Gasteiger charge is 2.36. The number of thiazole rings is 1. The van der Waals surface area contributed by atoms with Crippen LogP contribution in [0.2, 0.25) is 0 Å². The Morgan fingerprint density at radius 1 is 1.13 bits per heavy atom. The first-order valence-corrected chi connectivity index (χ1v) is 10.3. The molecule has 1 aromatic heterocycles. The molecular weight excluding hydrogens is 428 g/mol. The van der Waals surface area contributed by atoms with E-state index in [1.54, 1.807) is 28.5 Å². The first-order valence-electron chi connectivity index (χ1n) is 9.40. The second-order valence-electron chi connectivity index (χ2n) is 7.10. The van der Waals surface area contributed by atoms with Crippen LogP contribution < -0.4 is 19.7 Å². The Kier molecular flexibility index (Phi) is 4.78. The predicted octanol–water partition coefficient (Wildman–Crippen LogP) is 3.81. The van der Waals surface area contributed by atoms with Gasteiger partial charge in [-0.3, -0.25) is 9.59 Å². The molecule has 1 saturated heterocycles. The lowest BCUT2D eigenvalue weighted by Crippen LogP contribution is -2.28. The Morgan fingerprint density at radius 2 is 1.97 bits per heavy atom. The van der Waals surface area contributed by atoms with Crippen molar-refractivity contribution in [2.24, 2.45) is 5.92 Å². The number of carbonyl (C=O) groups is 2. The summed E-state index contributed by atoms with van der Waals surface area (Å²) in [6.45, 7) is 0.365. The van der Waals surface area contributed by atoms with Gasteiger partial charge in [-0.25, -0.2) is 13.8 Å². The minimum absolute atomic E-state index is 0.0711. The highest BCUT2D eigenvalue weighted by atomic mass is 32.1.